The van der Waals surface area contributed by atoms with Crippen LogP contribution in [0.4, 0.5) is 5.69 Å². The van der Waals surface area contributed by atoms with Crippen LogP contribution in [0.15, 0.2) is 36.4 Å². The predicted molar refractivity (Wildman–Crippen MR) is 101 cm³/mol. The predicted octanol–water partition coefficient (Wildman–Crippen LogP) is 2.27. The van der Waals surface area contributed by atoms with Crippen molar-refractivity contribution >= 4 is 29.2 Å². The van der Waals surface area contributed by atoms with Crippen molar-refractivity contribution in [3.8, 4) is 0 Å². The van der Waals surface area contributed by atoms with E-state index in [1.54, 1.807) is 31.2 Å². The summed E-state index contributed by atoms with van der Waals surface area (Å²) in [5.41, 5.74) is 0.968. The van der Waals surface area contributed by atoms with Crippen LogP contribution in [0.2, 0.25) is 0 Å². The number of benzene rings is 1. The van der Waals surface area contributed by atoms with E-state index in [0.717, 1.165) is 6.42 Å². The molecule has 0 unspecified atom stereocenters. The fourth-order valence-corrected chi connectivity index (χ4v) is 5.54. The fourth-order valence-electron chi connectivity index (χ4n) is 5.54. The standard InChI is InChI=1S/C22H22N2O4/c1-10(20(26)23-13-5-3-4-12(8-13)11(2)25)24-21(27)18-14-6-7-15(17-9-16(14)17)19(18)22(24)28/h3-8,10,14-19H,9H2,1-2H3,(H,23,26)/t10-,14+,15+,16-,17+,18+,19-/m0/s1. The molecule has 1 heterocycles. The van der Waals surface area contributed by atoms with E-state index in [2.05, 4.69) is 17.5 Å². The number of amides is 3. The second-order valence-electron chi connectivity index (χ2n) is 8.50. The first-order valence-corrected chi connectivity index (χ1v) is 9.85. The van der Waals surface area contributed by atoms with Crippen LogP contribution in [-0.2, 0) is 14.4 Å². The maximum absolute atomic E-state index is 13.1. The third-order valence-corrected chi connectivity index (χ3v) is 7.00. The summed E-state index contributed by atoms with van der Waals surface area (Å²) in [6, 6.07) is 5.75. The molecule has 1 aliphatic heterocycles. The lowest BCUT2D eigenvalue weighted by Gasteiger charge is -2.37. The number of nitrogens with zero attached hydrogens (tertiary/aromatic N) is 1. The molecule has 1 saturated heterocycles. The second kappa shape index (κ2) is 5.87. The van der Waals surface area contributed by atoms with E-state index < -0.39 is 11.9 Å². The highest BCUT2D eigenvalue weighted by molar-refractivity contribution is 6.10. The second-order valence-corrected chi connectivity index (χ2v) is 8.50. The average molecular weight is 378 g/mol. The molecule has 4 aliphatic carbocycles. The summed E-state index contributed by atoms with van der Waals surface area (Å²) in [6.45, 7) is 3.05. The van der Waals surface area contributed by atoms with E-state index in [-0.39, 0.29) is 41.3 Å². The quantitative estimate of drug-likeness (QED) is 0.495. The number of nitrogens with one attached hydrogen (secondary N) is 1. The number of allylic oxidation sites excluding steroid dienone is 2. The van der Waals surface area contributed by atoms with Crippen molar-refractivity contribution in [3.05, 3.63) is 42.0 Å². The minimum Gasteiger partial charge on any atom is -0.324 e. The van der Waals surface area contributed by atoms with E-state index in [0.29, 0.717) is 23.1 Å². The lowest BCUT2D eigenvalue weighted by Crippen LogP contribution is -2.46. The van der Waals surface area contributed by atoms with Gasteiger partial charge in [0.15, 0.2) is 5.78 Å². The van der Waals surface area contributed by atoms with Crippen molar-refractivity contribution in [2.24, 2.45) is 35.5 Å². The normalized spacial score (nSPS) is 35.4. The van der Waals surface area contributed by atoms with Gasteiger partial charge in [-0.05, 0) is 56.1 Å². The molecular weight excluding hydrogens is 356 g/mol. The Kier molecular flexibility index (Phi) is 3.63. The number of hydrogen-bond donors (Lipinski definition) is 1. The van der Waals surface area contributed by atoms with Crippen LogP contribution in [0, 0.1) is 35.5 Å². The van der Waals surface area contributed by atoms with Gasteiger partial charge in [0.1, 0.15) is 6.04 Å². The third kappa shape index (κ3) is 2.33. The topological polar surface area (TPSA) is 83.6 Å². The molecular formula is C22H22N2O4. The first kappa shape index (κ1) is 17.3. The fraction of sp³-hybridized carbons (Fsp3) is 0.455. The van der Waals surface area contributed by atoms with E-state index in [9.17, 15) is 19.2 Å². The first-order valence-electron chi connectivity index (χ1n) is 9.85. The lowest BCUT2D eigenvalue weighted by molar-refractivity contribution is -0.146. The Labute approximate surface area is 163 Å². The first-order chi connectivity index (χ1) is 13.4. The van der Waals surface area contributed by atoms with Crippen LogP contribution in [0.25, 0.3) is 0 Å². The van der Waals surface area contributed by atoms with Crippen LogP contribution in [-0.4, -0.2) is 34.4 Å². The van der Waals surface area contributed by atoms with Gasteiger partial charge < -0.3 is 5.32 Å². The zero-order valence-electron chi connectivity index (χ0n) is 15.8. The number of likely N-dealkylation sites (tertiary alicyclic amines) is 1. The van der Waals surface area contributed by atoms with Crippen LogP contribution < -0.4 is 5.32 Å². The third-order valence-electron chi connectivity index (χ3n) is 7.00. The molecule has 5 aliphatic rings. The van der Waals surface area contributed by atoms with Crippen molar-refractivity contribution < 1.29 is 19.2 Å². The summed E-state index contributed by atoms with van der Waals surface area (Å²) in [7, 11) is 0. The summed E-state index contributed by atoms with van der Waals surface area (Å²) in [5.74, 6) is -0.193. The number of rotatable bonds is 4. The van der Waals surface area contributed by atoms with E-state index in [4.69, 9.17) is 0 Å². The Bertz CT molecular complexity index is 916. The van der Waals surface area contributed by atoms with Crippen molar-refractivity contribution in [3.63, 3.8) is 0 Å². The Morgan fingerprint density at radius 2 is 1.68 bits per heavy atom. The molecule has 6 heteroatoms. The number of ketones is 1. The molecule has 3 fully saturated rings. The number of anilines is 1. The molecule has 6 rings (SSSR count). The monoisotopic (exact) mass is 378 g/mol. The smallest absolute Gasteiger partial charge is 0.247 e. The van der Waals surface area contributed by atoms with E-state index >= 15 is 0 Å². The molecule has 6 nitrogen and oxygen atoms in total. The summed E-state index contributed by atoms with van der Waals surface area (Å²) in [4.78, 5) is 51.7. The minimum atomic E-state index is -0.887. The van der Waals surface area contributed by atoms with E-state index in [1.807, 2.05) is 0 Å². The lowest BCUT2D eigenvalue weighted by atomic mass is 9.63. The zero-order chi connectivity index (χ0) is 19.7. The number of carbonyl (C=O) groups is 4. The number of Topliss-reactive ketones (excluding diaryl/α,β-unsaturated/α-hetero) is 1. The Hall–Kier alpha value is -2.76. The van der Waals surface area contributed by atoms with Crippen LogP contribution in [0.1, 0.15) is 30.6 Å². The van der Waals surface area contributed by atoms with Crippen LogP contribution in [0.5, 0.6) is 0 Å². The number of imide groups is 1. The van der Waals surface area contributed by atoms with Gasteiger partial charge in [0.2, 0.25) is 17.7 Å². The molecule has 2 bridgehead atoms. The molecule has 0 spiro atoms. The van der Waals surface area contributed by atoms with Crippen molar-refractivity contribution in [1.29, 1.82) is 0 Å². The molecule has 1 aromatic carbocycles. The van der Waals surface area contributed by atoms with Gasteiger partial charge in [-0.1, -0.05) is 24.3 Å². The van der Waals surface area contributed by atoms with Gasteiger partial charge in [0, 0.05) is 11.3 Å². The molecule has 2 saturated carbocycles. The van der Waals surface area contributed by atoms with Gasteiger partial charge in [-0.15, -0.1) is 0 Å². The zero-order valence-corrected chi connectivity index (χ0v) is 15.8. The van der Waals surface area contributed by atoms with Crippen molar-refractivity contribution in [2.45, 2.75) is 26.3 Å². The van der Waals surface area contributed by atoms with Gasteiger partial charge in [-0.3, -0.25) is 24.1 Å². The summed E-state index contributed by atoms with van der Waals surface area (Å²) in [5, 5.41) is 2.74. The van der Waals surface area contributed by atoms with Gasteiger partial charge in [0.25, 0.3) is 0 Å². The minimum absolute atomic E-state index is 0.0975. The summed E-state index contributed by atoms with van der Waals surface area (Å²) in [6.07, 6.45) is 5.35. The number of carbonyl (C=O) groups excluding carboxylic acids is 4. The van der Waals surface area contributed by atoms with E-state index in [1.165, 1.54) is 11.8 Å². The highest BCUT2D eigenvalue weighted by atomic mass is 16.2. The maximum Gasteiger partial charge on any atom is 0.247 e. The Balaban J connectivity index is 1.36. The highest BCUT2D eigenvalue weighted by Gasteiger charge is 2.67. The molecule has 1 aromatic rings. The van der Waals surface area contributed by atoms with Gasteiger partial charge >= 0.3 is 0 Å². The molecule has 0 radical (unpaired) electrons. The largest absolute Gasteiger partial charge is 0.324 e. The Morgan fingerprint density at radius 1 is 1.07 bits per heavy atom. The Morgan fingerprint density at radius 3 is 2.25 bits per heavy atom. The van der Waals surface area contributed by atoms with Gasteiger partial charge in [-0.25, -0.2) is 0 Å². The highest BCUT2D eigenvalue weighted by Crippen LogP contribution is 2.65. The molecule has 1 N–H and O–H groups in total. The van der Waals surface area contributed by atoms with Crippen LogP contribution >= 0.6 is 0 Å². The maximum atomic E-state index is 13.1. The molecule has 144 valence electrons. The van der Waals surface area contributed by atoms with Gasteiger partial charge in [0.05, 0.1) is 11.8 Å². The SMILES string of the molecule is CC(=O)c1cccc(NC(=O)[C@H](C)N2C(=O)[C@@H]3[C@@H]4C=C[C@H]([C@H]5C[C@@H]45)[C@@H]3C2=O)c1. The van der Waals surface area contributed by atoms with Crippen molar-refractivity contribution in [2.75, 3.05) is 5.32 Å². The van der Waals surface area contributed by atoms with Gasteiger partial charge in [-0.2, -0.15) is 0 Å². The number of hydrogen-bond acceptors (Lipinski definition) is 4. The van der Waals surface area contributed by atoms with Crippen LogP contribution in [0.3, 0.4) is 0 Å². The molecule has 7 atom stereocenters. The molecule has 0 aromatic heterocycles. The summed E-state index contributed by atoms with van der Waals surface area (Å²) < 4.78 is 0. The molecule has 3 amide bonds. The average Bonchev–Trinajstić information content (AvgIpc) is 3.45. The van der Waals surface area contributed by atoms with Crippen molar-refractivity contribution in [1.82, 2.24) is 4.90 Å². The summed E-state index contributed by atoms with van der Waals surface area (Å²) >= 11 is 0. The molecule has 28 heavy (non-hydrogen) atoms.